The number of carbonyl (C=O) groups excluding carboxylic acids is 2. The molecular weight excluding hydrogens is 410 g/mol. The van der Waals surface area contributed by atoms with E-state index in [1.807, 2.05) is 29.2 Å². The van der Waals surface area contributed by atoms with Crippen LogP contribution in [0.5, 0.6) is 0 Å². The van der Waals surface area contributed by atoms with Gasteiger partial charge in [0, 0.05) is 37.9 Å². The minimum absolute atomic E-state index is 0.0265. The number of nitrogens with one attached hydrogen (secondary N) is 1. The second-order valence-corrected chi connectivity index (χ2v) is 10.2. The number of nitrogens with zero attached hydrogens (tertiary/aromatic N) is 2. The molecule has 2 heterocycles. The molecule has 5 rings (SSSR count). The molecule has 1 N–H and O–H groups in total. The topological polar surface area (TPSA) is 62.3 Å². The minimum Gasteiger partial charge on any atom is -0.352 e. The van der Waals surface area contributed by atoms with Gasteiger partial charge >= 0.3 is 0 Å². The summed E-state index contributed by atoms with van der Waals surface area (Å²) in [5, 5.41) is 3.06. The lowest BCUT2D eigenvalue weighted by molar-refractivity contribution is -0.143. The Labute approximate surface area is 196 Å². The van der Waals surface area contributed by atoms with Crippen molar-refractivity contribution in [2.75, 3.05) is 19.6 Å². The number of carbonyl (C=O) groups is 2. The van der Waals surface area contributed by atoms with Gasteiger partial charge in [-0.25, -0.2) is 0 Å². The largest absolute Gasteiger partial charge is 0.352 e. The summed E-state index contributed by atoms with van der Waals surface area (Å²) in [6.07, 6.45) is 12.2. The van der Waals surface area contributed by atoms with Crippen LogP contribution in [0.3, 0.4) is 0 Å². The molecule has 0 unspecified atom stereocenters. The highest BCUT2D eigenvalue weighted by Gasteiger charge is 2.62. The first kappa shape index (κ1) is 21.9. The fourth-order valence-corrected chi connectivity index (χ4v) is 6.03. The standard InChI is InChI=1S/C28H33N3O2/c1-2-14-30-26(33)28(18-22-7-3-4-8-23(22)21-9-15-29-16-10-21)13-6-17-31(20-28)25(32)24-19-27(24)11-5-12-27/h2-4,7-10,15-16,24H,1,5-6,11-14,17-20H2,(H,30,33)/t24-,28-/m0/s1. The molecular formula is C28H33N3O2. The first-order valence-corrected chi connectivity index (χ1v) is 12.2. The molecule has 2 aromatic rings. The van der Waals surface area contributed by atoms with Gasteiger partial charge in [-0.2, -0.15) is 0 Å². The molecule has 0 bridgehead atoms. The van der Waals surface area contributed by atoms with Gasteiger partial charge in [0.25, 0.3) is 0 Å². The minimum atomic E-state index is -0.637. The summed E-state index contributed by atoms with van der Waals surface area (Å²) in [7, 11) is 0. The maximum absolute atomic E-state index is 13.6. The van der Waals surface area contributed by atoms with Crippen LogP contribution in [0.2, 0.25) is 0 Å². The van der Waals surface area contributed by atoms with Gasteiger partial charge in [0.2, 0.25) is 11.8 Å². The van der Waals surface area contributed by atoms with Gasteiger partial charge in [0.15, 0.2) is 0 Å². The summed E-state index contributed by atoms with van der Waals surface area (Å²) in [6.45, 7) is 5.45. The van der Waals surface area contributed by atoms with Crippen LogP contribution in [0, 0.1) is 16.7 Å². The van der Waals surface area contributed by atoms with Crippen molar-refractivity contribution in [1.29, 1.82) is 0 Å². The van der Waals surface area contributed by atoms with E-state index in [1.165, 1.54) is 19.3 Å². The number of pyridine rings is 1. The number of aromatic nitrogens is 1. The molecule has 3 aliphatic rings. The molecule has 2 saturated carbocycles. The maximum atomic E-state index is 13.6. The van der Waals surface area contributed by atoms with Crippen molar-refractivity contribution in [3.05, 3.63) is 67.0 Å². The van der Waals surface area contributed by atoms with Crippen molar-refractivity contribution in [2.45, 2.75) is 44.9 Å². The summed E-state index contributed by atoms with van der Waals surface area (Å²) in [5.41, 5.74) is 3.01. The van der Waals surface area contributed by atoms with Gasteiger partial charge < -0.3 is 10.2 Å². The van der Waals surface area contributed by atoms with Crippen LogP contribution < -0.4 is 5.32 Å². The fourth-order valence-electron chi connectivity index (χ4n) is 6.03. The van der Waals surface area contributed by atoms with Crippen LogP contribution in [0.4, 0.5) is 0 Å². The van der Waals surface area contributed by atoms with Crippen LogP contribution in [0.1, 0.15) is 44.1 Å². The Morgan fingerprint density at radius 1 is 1.12 bits per heavy atom. The molecule has 5 heteroatoms. The number of rotatable bonds is 7. The quantitative estimate of drug-likeness (QED) is 0.646. The summed E-state index contributed by atoms with van der Waals surface area (Å²) in [5.74, 6) is 0.485. The molecule has 1 spiro atoms. The van der Waals surface area contributed by atoms with Crippen molar-refractivity contribution in [1.82, 2.24) is 15.2 Å². The number of benzene rings is 1. The van der Waals surface area contributed by atoms with Crippen LogP contribution in [0.15, 0.2) is 61.4 Å². The van der Waals surface area contributed by atoms with E-state index in [0.29, 0.717) is 24.9 Å². The van der Waals surface area contributed by atoms with E-state index >= 15 is 0 Å². The first-order valence-electron chi connectivity index (χ1n) is 12.2. The zero-order valence-corrected chi connectivity index (χ0v) is 19.3. The molecule has 2 aliphatic carbocycles. The Balaban J connectivity index is 1.43. The van der Waals surface area contributed by atoms with Gasteiger partial charge in [-0.15, -0.1) is 6.58 Å². The third kappa shape index (κ3) is 4.09. The SMILES string of the molecule is C=CCNC(=O)[C@]1(Cc2ccccc2-c2ccncc2)CCCN(C(=O)[C@@H]2CC23CCC3)C1. The Morgan fingerprint density at radius 3 is 2.61 bits per heavy atom. The highest BCUT2D eigenvalue weighted by Crippen LogP contribution is 2.66. The molecule has 33 heavy (non-hydrogen) atoms. The molecule has 1 aromatic carbocycles. The summed E-state index contributed by atoms with van der Waals surface area (Å²) in [4.78, 5) is 33.1. The highest BCUT2D eigenvalue weighted by molar-refractivity contribution is 5.87. The molecule has 1 aromatic heterocycles. The van der Waals surface area contributed by atoms with E-state index in [2.05, 4.69) is 29.0 Å². The molecule has 3 fully saturated rings. The van der Waals surface area contributed by atoms with E-state index in [4.69, 9.17) is 0 Å². The number of likely N-dealkylation sites (tertiary alicyclic amines) is 1. The van der Waals surface area contributed by atoms with E-state index in [-0.39, 0.29) is 17.7 Å². The Bertz CT molecular complexity index is 1050. The van der Waals surface area contributed by atoms with Gasteiger partial charge in [-0.1, -0.05) is 36.8 Å². The molecule has 2 atom stereocenters. The van der Waals surface area contributed by atoms with Crippen molar-refractivity contribution in [2.24, 2.45) is 16.7 Å². The Kier molecular flexibility index (Phi) is 5.81. The molecule has 1 saturated heterocycles. The second kappa shape index (κ2) is 8.77. The lowest BCUT2D eigenvalue weighted by Crippen LogP contribution is -2.55. The van der Waals surface area contributed by atoms with Crippen molar-refractivity contribution in [3.63, 3.8) is 0 Å². The van der Waals surface area contributed by atoms with E-state index in [9.17, 15) is 9.59 Å². The van der Waals surface area contributed by atoms with Crippen LogP contribution in [-0.4, -0.2) is 41.3 Å². The smallest absolute Gasteiger partial charge is 0.228 e. The lowest BCUT2D eigenvalue weighted by Gasteiger charge is -2.42. The summed E-state index contributed by atoms with van der Waals surface area (Å²) < 4.78 is 0. The molecule has 172 valence electrons. The average molecular weight is 444 g/mol. The Morgan fingerprint density at radius 2 is 1.91 bits per heavy atom. The van der Waals surface area contributed by atoms with Gasteiger partial charge in [-0.3, -0.25) is 14.6 Å². The molecule has 5 nitrogen and oxygen atoms in total. The molecule has 0 radical (unpaired) electrons. The van der Waals surface area contributed by atoms with Gasteiger partial charge in [0.05, 0.1) is 5.41 Å². The highest BCUT2D eigenvalue weighted by atomic mass is 16.2. The average Bonchev–Trinajstić information content (AvgIpc) is 3.60. The normalized spacial score (nSPS) is 25.2. The summed E-state index contributed by atoms with van der Waals surface area (Å²) in [6, 6.07) is 12.3. The second-order valence-electron chi connectivity index (χ2n) is 10.2. The lowest BCUT2D eigenvalue weighted by atomic mass is 9.72. The monoisotopic (exact) mass is 443 g/mol. The van der Waals surface area contributed by atoms with Gasteiger partial charge in [-0.05, 0) is 72.8 Å². The summed E-state index contributed by atoms with van der Waals surface area (Å²) >= 11 is 0. The van der Waals surface area contributed by atoms with Crippen LogP contribution in [0.25, 0.3) is 11.1 Å². The third-order valence-electron chi connectivity index (χ3n) is 8.15. The Hall–Kier alpha value is -2.95. The number of piperidine rings is 1. The predicted octanol–water partition coefficient (Wildman–Crippen LogP) is 4.39. The van der Waals surface area contributed by atoms with Crippen molar-refractivity contribution in [3.8, 4) is 11.1 Å². The van der Waals surface area contributed by atoms with E-state index in [0.717, 1.165) is 42.5 Å². The predicted molar refractivity (Wildman–Crippen MR) is 129 cm³/mol. The van der Waals surface area contributed by atoms with E-state index < -0.39 is 5.41 Å². The van der Waals surface area contributed by atoms with Gasteiger partial charge in [0.1, 0.15) is 0 Å². The number of hydrogen-bond donors (Lipinski definition) is 1. The zero-order valence-electron chi connectivity index (χ0n) is 19.3. The maximum Gasteiger partial charge on any atom is 0.228 e. The first-order chi connectivity index (χ1) is 16.1. The van der Waals surface area contributed by atoms with Crippen LogP contribution in [-0.2, 0) is 16.0 Å². The van der Waals surface area contributed by atoms with Crippen LogP contribution >= 0.6 is 0 Å². The molecule has 1 aliphatic heterocycles. The number of amides is 2. The number of hydrogen-bond acceptors (Lipinski definition) is 3. The fraction of sp³-hybridized carbons (Fsp3) is 0.464. The zero-order chi connectivity index (χ0) is 22.9. The third-order valence-corrected chi connectivity index (χ3v) is 8.15. The van der Waals surface area contributed by atoms with E-state index in [1.54, 1.807) is 18.5 Å². The van der Waals surface area contributed by atoms with Crippen molar-refractivity contribution < 1.29 is 9.59 Å². The molecule has 2 amide bonds. The van der Waals surface area contributed by atoms with Crippen molar-refractivity contribution >= 4 is 11.8 Å².